The van der Waals surface area contributed by atoms with Gasteiger partial charge in [-0.05, 0) is 56.7 Å². The van der Waals surface area contributed by atoms with Crippen molar-refractivity contribution in [3.63, 3.8) is 0 Å². The van der Waals surface area contributed by atoms with Gasteiger partial charge in [0.2, 0.25) is 5.91 Å². The second-order valence-corrected chi connectivity index (χ2v) is 10.5. The van der Waals surface area contributed by atoms with Crippen molar-refractivity contribution in [3.8, 4) is 5.75 Å². The lowest BCUT2D eigenvalue weighted by atomic mass is 9.94. The minimum atomic E-state index is -1.23. The topological polar surface area (TPSA) is 89.1 Å². The number of carbonyl (C=O) groups is 1. The van der Waals surface area contributed by atoms with Crippen molar-refractivity contribution in [1.29, 1.82) is 0 Å². The van der Waals surface area contributed by atoms with E-state index < -0.39 is 49.1 Å². The average Bonchev–Trinajstić information content (AvgIpc) is 3.34. The Kier molecular flexibility index (Phi) is 12.4. The smallest absolute Gasteiger partial charge is 0.217 e. The van der Waals surface area contributed by atoms with Crippen LogP contribution in [0.15, 0.2) is 18.2 Å². The minimum Gasteiger partial charge on any atom is -0.490 e. The summed E-state index contributed by atoms with van der Waals surface area (Å²) in [5, 5.41) is 17.1. The first-order chi connectivity index (χ1) is 17.1. The molecule has 1 aromatic carbocycles. The predicted molar refractivity (Wildman–Crippen MR) is 136 cm³/mol. The molecule has 11 heteroatoms. The standard InChI is InChI=1S/C26H39F3N2O5.ClH/c1-16-25(35-15-26(3,13-27)14-28)34-12-23(30-16)24(33)22(31-17(2)32)10-18-8-19(29)11-21(9-18)36-20-6-4-5-7-20;/h8-9,11,16,20,22-25,30,33H,4-7,10,12-15H2,1-3H3,(H,31,32);1H/t16-,22-,23+,24-,25-;/m0./s1. The van der Waals surface area contributed by atoms with Crippen LogP contribution in [0.1, 0.15) is 52.0 Å². The van der Waals surface area contributed by atoms with Gasteiger partial charge in [0, 0.05) is 18.4 Å². The molecule has 1 saturated carbocycles. The molecule has 3 N–H and O–H groups in total. The van der Waals surface area contributed by atoms with Gasteiger partial charge in [0.05, 0.1) is 56.9 Å². The predicted octanol–water partition coefficient (Wildman–Crippen LogP) is 3.64. The Morgan fingerprint density at radius 3 is 2.54 bits per heavy atom. The number of morpholine rings is 1. The third-order valence-electron chi connectivity index (χ3n) is 6.77. The number of benzene rings is 1. The summed E-state index contributed by atoms with van der Waals surface area (Å²) in [4.78, 5) is 11.9. The van der Waals surface area contributed by atoms with Crippen LogP contribution in [0.5, 0.6) is 5.75 Å². The Labute approximate surface area is 223 Å². The maximum atomic E-state index is 14.3. The summed E-state index contributed by atoms with van der Waals surface area (Å²) >= 11 is 0. The van der Waals surface area contributed by atoms with E-state index in [0.717, 1.165) is 25.7 Å². The van der Waals surface area contributed by atoms with Gasteiger partial charge in [-0.1, -0.05) is 6.92 Å². The van der Waals surface area contributed by atoms with Crippen LogP contribution in [-0.4, -0.2) is 74.2 Å². The van der Waals surface area contributed by atoms with Crippen LogP contribution in [0.2, 0.25) is 0 Å². The van der Waals surface area contributed by atoms with Gasteiger partial charge in [-0.2, -0.15) is 0 Å². The highest BCUT2D eigenvalue weighted by atomic mass is 35.5. The van der Waals surface area contributed by atoms with E-state index in [-0.39, 0.29) is 50.1 Å². The fourth-order valence-corrected chi connectivity index (χ4v) is 4.65. The molecule has 0 unspecified atom stereocenters. The van der Waals surface area contributed by atoms with Gasteiger partial charge < -0.3 is 30.0 Å². The van der Waals surface area contributed by atoms with Crippen LogP contribution in [0, 0.1) is 11.2 Å². The number of alkyl halides is 2. The van der Waals surface area contributed by atoms with Crippen LogP contribution in [-0.2, 0) is 20.7 Å². The van der Waals surface area contributed by atoms with E-state index in [2.05, 4.69) is 10.6 Å². The molecule has 0 spiro atoms. The number of rotatable bonds is 12. The zero-order chi connectivity index (χ0) is 26.3. The zero-order valence-electron chi connectivity index (χ0n) is 21.7. The summed E-state index contributed by atoms with van der Waals surface area (Å²) in [6.45, 7) is 2.77. The lowest BCUT2D eigenvalue weighted by Crippen LogP contribution is -2.62. The molecule has 2 aliphatic rings. The van der Waals surface area contributed by atoms with Crippen molar-refractivity contribution in [2.45, 2.75) is 89.5 Å². The highest BCUT2D eigenvalue weighted by molar-refractivity contribution is 5.85. The van der Waals surface area contributed by atoms with Gasteiger partial charge in [-0.15, -0.1) is 12.4 Å². The van der Waals surface area contributed by atoms with E-state index in [4.69, 9.17) is 14.2 Å². The van der Waals surface area contributed by atoms with Crippen molar-refractivity contribution in [3.05, 3.63) is 29.6 Å². The molecule has 212 valence electrons. The van der Waals surface area contributed by atoms with E-state index in [1.54, 1.807) is 13.0 Å². The highest BCUT2D eigenvalue weighted by Gasteiger charge is 2.37. The lowest BCUT2D eigenvalue weighted by molar-refractivity contribution is -0.205. The van der Waals surface area contributed by atoms with Gasteiger partial charge in [0.1, 0.15) is 11.6 Å². The Bertz CT molecular complexity index is 858. The first-order valence-corrected chi connectivity index (χ1v) is 12.6. The number of aliphatic hydroxyl groups is 1. The Morgan fingerprint density at radius 2 is 1.95 bits per heavy atom. The monoisotopic (exact) mass is 552 g/mol. The van der Waals surface area contributed by atoms with Crippen molar-refractivity contribution >= 4 is 18.3 Å². The Balaban J connectivity index is 0.00000481. The molecule has 5 atom stereocenters. The largest absolute Gasteiger partial charge is 0.490 e. The normalized spacial score (nSPS) is 24.2. The number of ether oxygens (including phenoxy) is 3. The van der Waals surface area contributed by atoms with Gasteiger partial charge in [0.15, 0.2) is 6.29 Å². The SMILES string of the molecule is CC(=O)N[C@@H](Cc1cc(F)cc(OC2CCCC2)c1)[C@H](O)[C@H]1CO[C@@H](OCC(C)(CF)CF)[C@H](C)N1.Cl. The van der Waals surface area contributed by atoms with Crippen LogP contribution in [0.4, 0.5) is 13.2 Å². The number of halogens is 4. The molecular weight excluding hydrogens is 513 g/mol. The first kappa shape index (κ1) is 31.6. The number of nitrogens with one attached hydrogen (secondary N) is 2. The molecule has 0 radical (unpaired) electrons. The van der Waals surface area contributed by atoms with Gasteiger partial charge in [-0.3, -0.25) is 13.6 Å². The molecular formula is C26H40ClF3N2O5. The second kappa shape index (κ2) is 14.5. The Morgan fingerprint density at radius 1 is 1.27 bits per heavy atom. The molecule has 1 aliphatic carbocycles. The molecule has 1 amide bonds. The molecule has 7 nitrogen and oxygen atoms in total. The third kappa shape index (κ3) is 9.28. The van der Waals surface area contributed by atoms with Crippen molar-refractivity contribution in [2.75, 3.05) is 26.6 Å². The maximum absolute atomic E-state index is 14.3. The van der Waals surface area contributed by atoms with E-state index in [1.807, 2.05) is 0 Å². The van der Waals surface area contributed by atoms with Crippen molar-refractivity contribution < 1.29 is 37.3 Å². The van der Waals surface area contributed by atoms with Crippen molar-refractivity contribution in [1.82, 2.24) is 10.6 Å². The summed E-state index contributed by atoms with van der Waals surface area (Å²) in [7, 11) is 0. The first-order valence-electron chi connectivity index (χ1n) is 12.6. The van der Waals surface area contributed by atoms with Crippen LogP contribution in [0.3, 0.4) is 0 Å². The fraction of sp³-hybridized carbons (Fsp3) is 0.731. The molecule has 1 saturated heterocycles. The van der Waals surface area contributed by atoms with Gasteiger partial charge in [-0.25, -0.2) is 4.39 Å². The summed E-state index contributed by atoms with van der Waals surface area (Å²) in [5.41, 5.74) is -0.648. The molecule has 0 aromatic heterocycles. The molecule has 1 aromatic rings. The van der Waals surface area contributed by atoms with Crippen LogP contribution < -0.4 is 15.4 Å². The lowest BCUT2D eigenvalue weighted by Gasteiger charge is -2.40. The summed E-state index contributed by atoms with van der Waals surface area (Å²) in [6.07, 6.45) is 2.50. The minimum absolute atomic E-state index is 0. The molecule has 1 heterocycles. The number of hydrogen-bond acceptors (Lipinski definition) is 6. The molecule has 37 heavy (non-hydrogen) atoms. The molecule has 0 bridgehead atoms. The fourth-order valence-electron chi connectivity index (χ4n) is 4.65. The maximum Gasteiger partial charge on any atom is 0.217 e. The zero-order valence-corrected chi connectivity index (χ0v) is 22.5. The summed E-state index contributed by atoms with van der Waals surface area (Å²) in [5.74, 6) is -0.340. The van der Waals surface area contributed by atoms with Crippen molar-refractivity contribution in [2.24, 2.45) is 5.41 Å². The van der Waals surface area contributed by atoms with E-state index in [9.17, 15) is 23.1 Å². The molecule has 1 aliphatic heterocycles. The molecule has 2 fully saturated rings. The van der Waals surface area contributed by atoms with Crippen LogP contribution >= 0.6 is 12.4 Å². The van der Waals surface area contributed by atoms with Gasteiger partial charge in [0.25, 0.3) is 0 Å². The van der Waals surface area contributed by atoms with E-state index in [0.29, 0.717) is 11.3 Å². The summed E-state index contributed by atoms with van der Waals surface area (Å²) in [6, 6.07) is 2.78. The third-order valence-corrected chi connectivity index (χ3v) is 6.77. The van der Waals surface area contributed by atoms with Crippen LogP contribution in [0.25, 0.3) is 0 Å². The second-order valence-electron chi connectivity index (χ2n) is 10.5. The number of amides is 1. The average molecular weight is 553 g/mol. The van der Waals surface area contributed by atoms with Gasteiger partial charge >= 0.3 is 0 Å². The van der Waals surface area contributed by atoms with E-state index in [1.165, 1.54) is 26.0 Å². The number of hydrogen-bond donors (Lipinski definition) is 3. The van der Waals surface area contributed by atoms with E-state index >= 15 is 0 Å². The number of aliphatic hydroxyl groups excluding tert-OH is 1. The molecule has 3 rings (SSSR count). The quantitative estimate of drug-likeness (QED) is 0.367. The Hall–Kier alpha value is -1.59. The highest BCUT2D eigenvalue weighted by Crippen LogP contribution is 2.27. The number of carbonyl (C=O) groups excluding carboxylic acids is 1. The summed E-state index contributed by atoms with van der Waals surface area (Å²) < 4.78 is 57.9.